The number of amides is 1. The van der Waals surface area contributed by atoms with Crippen molar-refractivity contribution in [3.8, 4) is 0 Å². The van der Waals surface area contributed by atoms with Crippen LogP contribution >= 0.6 is 11.3 Å². The maximum Gasteiger partial charge on any atom is 0.266 e. The van der Waals surface area contributed by atoms with Crippen LogP contribution in [0, 0.1) is 6.92 Å². The van der Waals surface area contributed by atoms with Crippen LogP contribution in [0.1, 0.15) is 22.2 Å². The second-order valence-electron chi connectivity index (χ2n) is 5.57. The molecule has 4 nitrogen and oxygen atoms in total. The molecule has 0 bridgehead atoms. The summed E-state index contributed by atoms with van der Waals surface area (Å²) < 4.78 is 1.09. The average molecular weight is 303 g/mol. The zero-order chi connectivity index (χ0) is 15.0. The number of hydrogen-bond donors (Lipinski definition) is 1. The predicted molar refractivity (Wildman–Crippen MR) is 89.0 cm³/mol. The highest BCUT2D eigenvalue weighted by molar-refractivity contribution is 7.21. The van der Waals surface area contributed by atoms with E-state index in [1.807, 2.05) is 11.8 Å². The molecular weight excluding hydrogens is 282 g/mol. The van der Waals surface area contributed by atoms with Crippen molar-refractivity contribution in [2.45, 2.75) is 13.8 Å². The van der Waals surface area contributed by atoms with E-state index in [0.717, 1.165) is 42.8 Å². The van der Waals surface area contributed by atoms with Crippen LogP contribution in [-0.4, -0.2) is 48.4 Å². The van der Waals surface area contributed by atoms with Crippen molar-refractivity contribution >= 4 is 33.0 Å². The van der Waals surface area contributed by atoms with E-state index < -0.39 is 0 Å². The Labute approximate surface area is 129 Å². The summed E-state index contributed by atoms with van der Waals surface area (Å²) in [6, 6.07) is 6.18. The number of benzene rings is 1. The Morgan fingerprint density at radius 2 is 2.00 bits per heavy atom. The highest BCUT2D eigenvalue weighted by Gasteiger charge is 2.25. The van der Waals surface area contributed by atoms with Crippen LogP contribution in [0.3, 0.4) is 0 Å². The topological polar surface area (TPSA) is 49.6 Å². The predicted octanol–water partition coefficient (Wildman–Crippen LogP) is 2.57. The van der Waals surface area contributed by atoms with Gasteiger partial charge in [-0.2, -0.15) is 0 Å². The third kappa shape index (κ3) is 2.63. The number of nitrogens with two attached hydrogens (primary N) is 1. The molecule has 0 saturated carbocycles. The van der Waals surface area contributed by atoms with Crippen molar-refractivity contribution < 1.29 is 4.79 Å². The van der Waals surface area contributed by atoms with Gasteiger partial charge < -0.3 is 15.5 Å². The summed E-state index contributed by atoms with van der Waals surface area (Å²) in [4.78, 5) is 17.7. The highest BCUT2D eigenvalue weighted by atomic mass is 32.1. The second kappa shape index (κ2) is 5.66. The Morgan fingerprint density at radius 3 is 2.67 bits per heavy atom. The van der Waals surface area contributed by atoms with Gasteiger partial charge in [0.1, 0.15) is 4.88 Å². The lowest BCUT2D eigenvalue weighted by atomic mass is 10.1. The van der Waals surface area contributed by atoms with E-state index in [4.69, 9.17) is 5.73 Å². The zero-order valence-corrected chi connectivity index (χ0v) is 13.4. The Morgan fingerprint density at radius 1 is 1.29 bits per heavy atom. The molecule has 0 unspecified atom stereocenters. The lowest BCUT2D eigenvalue weighted by Crippen LogP contribution is -2.48. The van der Waals surface area contributed by atoms with Crippen molar-refractivity contribution in [2.24, 2.45) is 0 Å². The average Bonchev–Trinajstić information content (AvgIpc) is 2.83. The highest BCUT2D eigenvalue weighted by Crippen LogP contribution is 2.35. The first-order valence-corrected chi connectivity index (χ1v) is 8.22. The maximum absolute atomic E-state index is 12.7. The van der Waals surface area contributed by atoms with Gasteiger partial charge >= 0.3 is 0 Å². The Bertz CT molecular complexity index is 671. The van der Waals surface area contributed by atoms with Gasteiger partial charge in [0.25, 0.3) is 5.91 Å². The Kier molecular flexibility index (Phi) is 3.87. The first-order valence-electron chi connectivity index (χ1n) is 7.40. The van der Waals surface area contributed by atoms with E-state index in [1.165, 1.54) is 16.9 Å². The number of fused-ring (bicyclic) bond motifs is 1. The molecular formula is C16H21N3OS. The van der Waals surface area contributed by atoms with Crippen molar-refractivity contribution in [1.82, 2.24) is 9.80 Å². The molecule has 1 aromatic heterocycles. The Balaban J connectivity index is 1.87. The van der Waals surface area contributed by atoms with Crippen LogP contribution in [0.4, 0.5) is 5.69 Å². The molecule has 5 heteroatoms. The van der Waals surface area contributed by atoms with E-state index >= 15 is 0 Å². The van der Waals surface area contributed by atoms with Gasteiger partial charge in [-0.3, -0.25) is 4.79 Å². The van der Waals surface area contributed by atoms with E-state index in [2.05, 4.69) is 30.0 Å². The van der Waals surface area contributed by atoms with Crippen LogP contribution < -0.4 is 5.73 Å². The molecule has 2 aromatic rings. The molecule has 1 aromatic carbocycles. The second-order valence-corrected chi connectivity index (χ2v) is 6.62. The number of nitrogens with zero attached hydrogens (tertiary/aromatic N) is 2. The SMILES string of the molecule is CCN1CCN(C(=O)c2sc3ccc(C)cc3c2N)CC1. The van der Waals surface area contributed by atoms with Gasteiger partial charge in [0.2, 0.25) is 0 Å². The molecule has 0 radical (unpaired) electrons. The van der Waals surface area contributed by atoms with Gasteiger partial charge in [0.05, 0.1) is 5.69 Å². The lowest BCUT2D eigenvalue weighted by Gasteiger charge is -2.33. The minimum absolute atomic E-state index is 0.0853. The van der Waals surface area contributed by atoms with Gasteiger partial charge in [-0.15, -0.1) is 11.3 Å². The summed E-state index contributed by atoms with van der Waals surface area (Å²) >= 11 is 1.51. The lowest BCUT2D eigenvalue weighted by molar-refractivity contribution is 0.0649. The molecule has 0 aliphatic carbocycles. The number of anilines is 1. The van der Waals surface area contributed by atoms with Gasteiger partial charge in [-0.1, -0.05) is 18.6 Å². The summed E-state index contributed by atoms with van der Waals surface area (Å²) in [6.07, 6.45) is 0. The third-order valence-electron chi connectivity index (χ3n) is 4.18. The molecule has 1 amide bonds. The molecule has 21 heavy (non-hydrogen) atoms. The molecule has 112 valence electrons. The molecule has 1 saturated heterocycles. The fraction of sp³-hybridized carbons (Fsp3) is 0.438. The number of piperazine rings is 1. The third-order valence-corrected chi connectivity index (χ3v) is 5.36. The monoisotopic (exact) mass is 303 g/mol. The van der Waals surface area contributed by atoms with Crippen molar-refractivity contribution in [2.75, 3.05) is 38.5 Å². The van der Waals surface area contributed by atoms with Crippen LogP contribution in [0.15, 0.2) is 18.2 Å². The summed E-state index contributed by atoms with van der Waals surface area (Å²) in [5, 5.41) is 1.01. The smallest absolute Gasteiger partial charge is 0.266 e. The minimum Gasteiger partial charge on any atom is -0.397 e. The van der Waals surface area contributed by atoms with Crippen LogP contribution in [0.2, 0.25) is 0 Å². The fourth-order valence-electron chi connectivity index (χ4n) is 2.80. The first-order chi connectivity index (χ1) is 10.1. The van der Waals surface area contributed by atoms with Gasteiger partial charge in [-0.25, -0.2) is 0 Å². The van der Waals surface area contributed by atoms with Crippen LogP contribution in [0.5, 0.6) is 0 Å². The number of hydrogen-bond acceptors (Lipinski definition) is 4. The normalized spacial score (nSPS) is 16.6. The van der Waals surface area contributed by atoms with Crippen molar-refractivity contribution in [1.29, 1.82) is 0 Å². The van der Waals surface area contributed by atoms with Gasteiger partial charge in [0.15, 0.2) is 0 Å². The zero-order valence-electron chi connectivity index (χ0n) is 12.6. The number of thiophene rings is 1. The van der Waals surface area contributed by atoms with Gasteiger partial charge in [0, 0.05) is 36.3 Å². The van der Waals surface area contributed by atoms with Crippen molar-refractivity contribution in [3.63, 3.8) is 0 Å². The fourth-order valence-corrected chi connectivity index (χ4v) is 3.87. The summed E-state index contributed by atoms with van der Waals surface area (Å²) in [7, 11) is 0. The number of carbonyl (C=O) groups is 1. The number of likely N-dealkylation sites (N-methyl/N-ethyl adjacent to an activating group) is 1. The summed E-state index contributed by atoms with van der Waals surface area (Å²) in [5.74, 6) is 0.0853. The molecule has 0 atom stereocenters. The van der Waals surface area contributed by atoms with E-state index in [-0.39, 0.29) is 5.91 Å². The number of aryl methyl sites for hydroxylation is 1. The minimum atomic E-state index is 0.0853. The van der Waals surface area contributed by atoms with Crippen LogP contribution in [-0.2, 0) is 0 Å². The summed E-state index contributed by atoms with van der Waals surface area (Å²) in [5.41, 5.74) is 8.03. The van der Waals surface area contributed by atoms with Crippen LogP contribution in [0.25, 0.3) is 10.1 Å². The molecule has 1 aliphatic rings. The van der Waals surface area contributed by atoms with E-state index in [9.17, 15) is 4.79 Å². The number of carbonyl (C=O) groups excluding carboxylic acids is 1. The Hall–Kier alpha value is -1.59. The molecule has 0 spiro atoms. The maximum atomic E-state index is 12.7. The number of nitrogen functional groups attached to an aromatic ring is 1. The first kappa shape index (κ1) is 14.4. The largest absolute Gasteiger partial charge is 0.397 e. The van der Waals surface area contributed by atoms with E-state index in [1.54, 1.807) is 0 Å². The molecule has 2 heterocycles. The molecule has 1 aliphatic heterocycles. The quantitative estimate of drug-likeness (QED) is 0.927. The molecule has 2 N–H and O–H groups in total. The molecule has 3 rings (SSSR count). The molecule has 1 fully saturated rings. The van der Waals surface area contributed by atoms with Gasteiger partial charge in [-0.05, 0) is 25.6 Å². The van der Waals surface area contributed by atoms with E-state index in [0.29, 0.717) is 10.6 Å². The summed E-state index contributed by atoms with van der Waals surface area (Å²) in [6.45, 7) is 8.73. The number of rotatable bonds is 2. The van der Waals surface area contributed by atoms with Crippen molar-refractivity contribution in [3.05, 3.63) is 28.6 Å². The standard InChI is InChI=1S/C16H21N3OS/c1-3-18-6-8-19(9-7-18)16(20)15-14(17)12-10-11(2)4-5-13(12)21-15/h4-5,10H,3,6-9,17H2,1-2H3.